The van der Waals surface area contributed by atoms with Crippen molar-refractivity contribution in [2.45, 2.75) is 53.9 Å². The third-order valence-electron chi connectivity index (χ3n) is 5.68. The lowest BCUT2D eigenvalue weighted by Crippen LogP contribution is -2.30. The van der Waals surface area contributed by atoms with E-state index in [1.807, 2.05) is 42.5 Å². The van der Waals surface area contributed by atoms with E-state index in [9.17, 15) is 4.79 Å². The van der Waals surface area contributed by atoms with Crippen LogP contribution in [0.2, 0.25) is 0 Å². The minimum absolute atomic E-state index is 0.233. The summed E-state index contributed by atoms with van der Waals surface area (Å²) in [5.74, 6) is 1.68. The summed E-state index contributed by atoms with van der Waals surface area (Å²) in [6.45, 7) is 12.1. The van der Waals surface area contributed by atoms with E-state index in [0.717, 1.165) is 48.1 Å². The molecule has 0 radical (unpaired) electrons. The fraction of sp³-hybridized carbons (Fsp3) is 0.550. The first-order chi connectivity index (χ1) is 13.2. The first-order valence-electron chi connectivity index (χ1n) is 9.77. The van der Waals surface area contributed by atoms with Gasteiger partial charge in [0, 0.05) is 25.2 Å². The summed E-state index contributed by atoms with van der Waals surface area (Å²) in [5.41, 5.74) is 4.02. The Labute approximate surface area is 164 Å². The number of carbonyl (C=O) groups is 1. The Morgan fingerprint density at radius 3 is 2.64 bits per heavy atom. The molecule has 1 fully saturated rings. The molecule has 3 aromatic rings. The monoisotopic (exact) mass is 381 g/mol. The van der Waals surface area contributed by atoms with Gasteiger partial charge in [0.1, 0.15) is 0 Å². The third-order valence-corrected chi connectivity index (χ3v) is 5.68. The average Bonchev–Trinajstić information content (AvgIpc) is 3.29. The van der Waals surface area contributed by atoms with E-state index in [2.05, 4.69) is 34.2 Å². The molecule has 0 aliphatic carbocycles. The topological polar surface area (TPSA) is 81.2 Å². The average molecular weight is 381 g/mol. The van der Waals surface area contributed by atoms with Crippen LogP contribution < -0.4 is 0 Å². The Kier molecular flexibility index (Phi) is 4.44. The van der Waals surface area contributed by atoms with Gasteiger partial charge in [0.2, 0.25) is 5.91 Å². The number of fused-ring (bicyclic) bond motifs is 1. The number of carbonyl (C=O) groups excluding carboxylic acids is 1. The zero-order valence-corrected chi connectivity index (χ0v) is 17.2. The number of hydrogen-bond donors (Lipinski definition) is 0. The lowest BCUT2D eigenvalue weighted by atomic mass is 9.93. The van der Waals surface area contributed by atoms with Crippen LogP contribution in [-0.2, 0) is 11.2 Å². The molecule has 28 heavy (non-hydrogen) atoms. The molecular formula is C20H27N7O. The van der Waals surface area contributed by atoms with E-state index >= 15 is 0 Å². The van der Waals surface area contributed by atoms with Gasteiger partial charge in [-0.05, 0) is 56.7 Å². The van der Waals surface area contributed by atoms with Crippen molar-refractivity contribution in [3.8, 4) is 5.82 Å². The smallest absolute Gasteiger partial charge is 0.222 e. The largest absolute Gasteiger partial charge is 0.342 e. The lowest BCUT2D eigenvalue weighted by Gasteiger charge is -2.19. The van der Waals surface area contributed by atoms with Crippen molar-refractivity contribution >= 4 is 11.6 Å². The second-order valence-electron chi connectivity index (χ2n) is 8.50. The van der Waals surface area contributed by atoms with E-state index < -0.39 is 0 Å². The fourth-order valence-electron chi connectivity index (χ4n) is 3.97. The Morgan fingerprint density at radius 2 is 1.93 bits per heavy atom. The van der Waals surface area contributed by atoms with Crippen LogP contribution in [-0.4, -0.2) is 53.5 Å². The Hall–Kier alpha value is -2.77. The molecule has 4 heterocycles. The molecule has 0 atom stereocenters. The molecule has 1 saturated heterocycles. The van der Waals surface area contributed by atoms with E-state index in [1.54, 1.807) is 4.52 Å². The first kappa shape index (κ1) is 18.6. The van der Waals surface area contributed by atoms with Gasteiger partial charge in [-0.2, -0.15) is 9.61 Å². The number of rotatable bonds is 4. The van der Waals surface area contributed by atoms with Crippen LogP contribution in [0.5, 0.6) is 0 Å². The second-order valence-corrected chi connectivity index (χ2v) is 8.50. The number of amides is 1. The highest BCUT2D eigenvalue weighted by Crippen LogP contribution is 2.29. The molecule has 0 spiro atoms. The van der Waals surface area contributed by atoms with Gasteiger partial charge in [-0.3, -0.25) is 4.79 Å². The highest BCUT2D eigenvalue weighted by molar-refractivity contribution is 5.77. The summed E-state index contributed by atoms with van der Waals surface area (Å²) in [6, 6.07) is 3.78. The van der Waals surface area contributed by atoms with Gasteiger partial charge in [0.05, 0.1) is 5.69 Å². The molecule has 0 unspecified atom stereocenters. The fourth-order valence-corrected chi connectivity index (χ4v) is 3.97. The van der Waals surface area contributed by atoms with Gasteiger partial charge in [-0.15, -0.1) is 15.3 Å². The number of aryl methyl sites for hydroxylation is 2. The molecule has 3 aromatic heterocycles. The molecule has 1 aliphatic rings. The molecule has 0 bridgehead atoms. The number of likely N-dealkylation sites (tertiary alicyclic amines) is 1. The van der Waals surface area contributed by atoms with Crippen LogP contribution in [0.25, 0.3) is 11.5 Å². The third kappa shape index (κ3) is 3.27. The molecule has 1 amide bonds. The van der Waals surface area contributed by atoms with Crippen LogP contribution in [0.15, 0.2) is 12.1 Å². The summed E-state index contributed by atoms with van der Waals surface area (Å²) in [4.78, 5) is 14.6. The minimum Gasteiger partial charge on any atom is -0.342 e. The van der Waals surface area contributed by atoms with E-state index in [0.29, 0.717) is 18.5 Å². The number of nitrogens with zero attached hydrogens (tertiary/aromatic N) is 7. The molecule has 0 N–H and O–H groups in total. The first-order valence-corrected chi connectivity index (χ1v) is 9.77. The number of hydrogen-bond acceptors (Lipinski definition) is 5. The van der Waals surface area contributed by atoms with Gasteiger partial charge < -0.3 is 4.90 Å². The maximum atomic E-state index is 12.6. The van der Waals surface area contributed by atoms with Crippen molar-refractivity contribution < 1.29 is 4.79 Å². The molecule has 8 nitrogen and oxygen atoms in total. The second kappa shape index (κ2) is 6.68. The van der Waals surface area contributed by atoms with Crippen LogP contribution in [0, 0.1) is 26.2 Å². The molecule has 148 valence electrons. The maximum Gasteiger partial charge on any atom is 0.222 e. The van der Waals surface area contributed by atoms with Gasteiger partial charge in [0.25, 0.3) is 0 Å². The molecule has 0 saturated carbocycles. The van der Waals surface area contributed by atoms with Gasteiger partial charge >= 0.3 is 0 Å². The Balaban J connectivity index is 1.54. The summed E-state index contributed by atoms with van der Waals surface area (Å²) in [6.07, 6.45) is 2.28. The van der Waals surface area contributed by atoms with Gasteiger partial charge in [-0.1, -0.05) is 13.8 Å². The molecule has 1 aliphatic heterocycles. The summed E-state index contributed by atoms with van der Waals surface area (Å²) in [7, 11) is 0. The summed E-state index contributed by atoms with van der Waals surface area (Å²) < 4.78 is 3.55. The lowest BCUT2D eigenvalue weighted by molar-refractivity contribution is -0.130. The van der Waals surface area contributed by atoms with Gasteiger partial charge in [0.15, 0.2) is 17.3 Å². The quantitative estimate of drug-likeness (QED) is 0.693. The number of aromatic nitrogens is 6. The van der Waals surface area contributed by atoms with Crippen LogP contribution >= 0.6 is 0 Å². The summed E-state index contributed by atoms with van der Waals surface area (Å²) >= 11 is 0. The predicted molar refractivity (Wildman–Crippen MR) is 105 cm³/mol. The molecule has 0 aromatic carbocycles. The molecular weight excluding hydrogens is 354 g/mol. The standard InChI is InChI=1S/C20H27N7O/c1-13-16(6-9-19(28)25-11-10-20(4,5)12-25)14(2)26(23-13)18-8-7-17-22-21-15(3)27(17)24-18/h7-8H,6,9-12H2,1-5H3. The Morgan fingerprint density at radius 1 is 1.14 bits per heavy atom. The van der Waals surface area contributed by atoms with Crippen molar-refractivity contribution in [2.24, 2.45) is 5.41 Å². The van der Waals surface area contributed by atoms with E-state index in [-0.39, 0.29) is 11.3 Å². The van der Waals surface area contributed by atoms with Crippen molar-refractivity contribution in [2.75, 3.05) is 13.1 Å². The minimum atomic E-state index is 0.233. The SMILES string of the molecule is Cc1nn(-c2ccc3nnc(C)n3n2)c(C)c1CCC(=O)N1CCC(C)(C)C1. The Bertz CT molecular complexity index is 1050. The van der Waals surface area contributed by atoms with Crippen LogP contribution in [0.4, 0.5) is 0 Å². The van der Waals surface area contributed by atoms with Crippen LogP contribution in [0.3, 0.4) is 0 Å². The van der Waals surface area contributed by atoms with Crippen molar-refractivity contribution in [3.05, 3.63) is 34.9 Å². The highest BCUT2D eigenvalue weighted by atomic mass is 16.2. The molecule has 4 rings (SSSR count). The zero-order valence-electron chi connectivity index (χ0n) is 17.2. The normalized spacial score (nSPS) is 16.2. The van der Waals surface area contributed by atoms with Crippen molar-refractivity contribution in [1.82, 2.24) is 34.5 Å². The van der Waals surface area contributed by atoms with Crippen LogP contribution in [0.1, 0.15) is 49.5 Å². The maximum absolute atomic E-state index is 12.6. The highest BCUT2D eigenvalue weighted by Gasteiger charge is 2.31. The summed E-state index contributed by atoms with van der Waals surface area (Å²) in [5, 5.41) is 17.4. The van der Waals surface area contributed by atoms with Crippen molar-refractivity contribution in [1.29, 1.82) is 0 Å². The van der Waals surface area contributed by atoms with E-state index in [4.69, 9.17) is 0 Å². The van der Waals surface area contributed by atoms with E-state index in [1.165, 1.54) is 0 Å². The van der Waals surface area contributed by atoms with Crippen molar-refractivity contribution in [3.63, 3.8) is 0 Å². The predicted octanol–water partition coefficient (Wildman–Crippen LogP) is 2.43. The molecule has 8 heteroatoms. The zero-order chi connectivity index (χ0) is 20.1. The van der Waals surface area contributed by atoms with Gasteiger partial charge in [-0.25, -0.2) is 4.68 Å².